The first-order valence-corrected chi connectivity index (χ1v) is 9.39. The smallest absolute Gasteiger partial charge is 0.175 e. The van der Waals surface area contributed by atoms with Crippen molar-refractivity contribution in [1.82, 2.24) is 0 Å². The van der Waals surface area contributed by atoms with Crippen molar-refractivity contribution >= 4 is 17.3 Å². The van der Waals surface area contributed by atoms with Crippen LogP contribution < -0.4 is 0 Å². The summed E-state index contributed by atoms with van der Waals surface area (Å²) in [6, 6.07) is 23.7. The molecular formula is C25H20O3. The third kappa shape index (κ3) is 3.09. The van der Waals surface area contributed by atoms with E-state index in [9.17, 15) is 14.4 Å². The molecule has 0 fully saturated rings. The van der Waals surface area contributed by atoms with Crippen LogP contribution in [-0.4, -0.2) is 17.3 Å². The lowest BCUT2D eigenvalue weighted by Gasteiger charge is -2.22. The van der Waals surface area contributed by atoms with Crippen LogP contribution in [0.5, 0.6) is 0 Å². The number of carbonyl (C=O) groups excluding carboxylic acids is 3. The predicted octanol–water partition coefficient (Wildman–Crippen LogP) is 5.05. The molecule has 0 bridgehead atoms. The summed E-state index contributed by atoms with van der Waals surface area (Å²) in [6.07, 6.45) is 0.116. The average Bonchev–Trinajstić information content (AvgIpc) is 2.98. The summed E-state index contributed by atoms with van der Waals surface area (Å²) in [5.74, 6) is -1.77. The molecule has 0 amide bonds. The second-order valence-corrected chi connectivity index (χ2v) is 7.21. The van der Waals surface area contributed by atoms with E-state index in [1.165, 1.54) is 0 Å². The van der Waals surface area contributed by atoms with E-state index in [4.69, 9.17) is 0 Å². The Bertz CT molecular complexity index is 1030. The number of hydrogen-bond acceptors (Lipinski definition) is 3. The van der Waals surface area contributed by atoms with Gasteiger partial charge in [-0.3, -0.25) is 14.4 Å². The zero-order valence-corrected chi connectivity index (χ0v) is 15.6. The first kappa shape index (κ1) is 18.1. The van der Waals surface area contributed by atoms with Gasteiger partial charge in [-0.1, -0.05) is 78.9 Å². The fourth-order valence-corrected chi connectivity index (χ4v) is 4.06. The molecule has 0 saturated carbocycles. The molecule has 0 N–H and O–H groups in total. The summed E-state index contributed by atoms with van der Waals surface area (Å²) in [5, 5.41) is 0. The van der Waals surface area contributed by atoms with Gasteiger partial charge in [0.15, 0.2) is 17.3 Å². The molecule has 1 atom stereocenters. The summed E-state index contributed by atoms with van der Waals surface area (Å²) in [5.41, 5.74) is 3.29. The minimum Gasteiger partial charge on any atom is -0.294 e. The third-order valence-corrected chi connectivity index (χ3v) is 5.50. The highest BCUT2D eigenvalue weighted by atomic mass is 16.2. The Morgan fingerprint density at radius 1 is 0.786 bits per heavy atom. The Labute approximate surface area is 164 Å². The SMILES string of the molecule is Cc1ccccc1C(=O)CC(c1ccccc1)C1C(=O)c2ccccc2C1=O. The van der Waals surface area contributed by atoms with Gasteiger partial charge in [0.2, 0.25) is 0 Å². The molecule has 3 aromatic carbocycles. The standard InChI is InChI=1S/C25H20O3/c1-16-9-5-6-12-18(16)22(26)15-21(17-10-3-2-4-11-17)23-24(27)19-13-7-8-14-20(19)25(23)28/h2-14,21,23H,15H2,1H3. The van der Waals surface area contributed by atoms with Crippen molar-refractivity contribution in [3.05, 3.63) is 107 Å². The third-order valence-electron chi connectivity index (χ3n) is 5.50. The molecule has 0 aliphatic heterocycles. The van der Waals surface area contributed by atoms with Crippen LogP contribution in [0.1, 0.15) is 54.5 Å². The molecule has 3 nitrogen and oxygen atoms in total. The maximum absolute atomic E-state index is 13.1. The highest BCUT2D eigenvalue weighted by molar-refractivity contribution is 6.27. The van der Waals surface area contributed by atoms with Gasteiger partial charge in [-0.05, 0) is 18.1 Å². The molecule has 1 unspecified atom stereocenters. The lowest BCUT2D eigenvalue weighted by molar-refractivity contribution is 0.0802. The van der Waals surface area contributed by atoms with E-state index in [2.05, 4.69) is 0 Å². The van der Waals surface area contributed by atoms with Crippen molar-refractivity contribution in [2.24, 2.45) is 5.92 Å². The summed E-state index contributed by atoms with van der Waals surface area (Å²) >= 11 is 0. The highest BCUT2D eigenvalue weighted by Gasteiger charge is 2.44. The molecule has 4 rings (SSSR count). The summed E-state index contributed by atoms with van der Waals surface area (Å²) in [4.78, 5) is 39.2. The minimum atomic E-state index is -0.854. The van der Waals surface area contributed by atoms with Crippen LogP contribution >= 0.6 is 0 Å². The average molecular weight is 368 g/mol. The fraction of sp³-hybridized carbons (Fsp3) is 0.160. The van der Waals surface area contributed by atoms with Crippen LogP contribution in [0.25, 0.3) is 0 Å². The fourth-order valence-electron chi connectivity index (χ4n) is 4.06. The van der Waals surface area contributed by atoms with E-state index in [1.54, 1.807) is 30.3 Å². The van der Waals surface area contributed by atoms with Crippen LogP contribution in [0.2, 0.25) is 0 Å². The Hall–Kier alpha value is -3.33. The molecule has 1 aliphatic rings. The quantitative estimate of drug-likeness (QED) is 0.468. The minimum absolute atomic E-state index is 0.0523. The van der Waals surface area contributed by atoms with Gasteiger partial charge in [0.25, 0.3) is 0 Å². The highest BCUT2D eigenvalue weighted by Crippen LogP contribution is 2.39. The van der Waals surface area contributed by atoms with E-state index in [0.717, 1.165) is 11.1 Å². The van der Waals surface area contributed by atoms with Crippen LogP contribution in [0.3, 0.4) is 0 Å². The Morgan fingerprint density at radius 2 is 1.32 bits per heavy atom. The predicted molar refractivity (Wildman–Crippen MR) is 108 cm³/mol. The van der Waals surface area contributed by atoms with Gasteiger partial charge in [-0.2, -0.15) is 0 Å². The molecule has 0 aromatic heterocycles. The Morgan fingerprint density at radius 3 is 1.93 bits per heavy atom. The van der Waals surface area contributed by atoms with Gasteiger partial charge < -0.3 is 0 Å². The van der Waals surface area contributed by atoms with Gasteiger partial charge in [0.1, 0.15) is 0 Å². The van der Waals surface area contributed by atoms with Crippen molar-refractivity contribution in [1.29, 1.82) is 0 Å². The molecule has 3 aromatic rings. The van der Waals surface area contributed by atoms with Crippen molar-refractivity contribution in [3.63, 3.8) is 0 Å². The lowest BCUT2D eigenvalue weighted by Crippen LogP contribution is -2.26. The van der Waals surface area contributed by atoms with Crippen LogP contribution in [0, 0.1) is 12.8 Å². The van der Waals surface area contributed by atoms with E-state index in [0.29, 0.717) is 16.7 Å². The maximum Gasteiger partial charge on any atom is 0.175 e. The molecular weight excluding hydrogens is 348 g/mol. The summed E-state index contributed by atoms with van der Waals surface area (Å²) in [7, 11) is 0. The molecule has 0 radical (unpaired) electrons. The van der Waals surface area contributed by atoms with Crippen molar-refractivity contribution < 1.29 is 14.4 Å². The molecule has 0 spiro atoms. The second kappa shape index (κ2) is 7.35. The number of Topliss-reactive ketones (excluding diaryl/α,β-unsaturated/α-hetero) is 3. The topological polar surface area (TPSA) is 51.2 Å². The van der Waals surface area contributed by atoms with Gasteiger partial charge in [0, 0.05) is 29.0 Å². The largest absolute Gasteiger partial charge is 0.294 e. The van der Waals surface area contributed by atoms with Crippen molar-refractivity contribution in [2.45, 2.75) is 19.3 Å². The van der Waals surface area contributed by atoms with Gasteiger partial charge in [-0.15, -0.1) is 0 Å². The van der Waals surface area contributed by atoms with Crippen molar-refractivity contribution in [2.75, 3.05) is 0 Å². The van der Waals surface area contributed by atoms with E-state index < -0.39 is 11.8 Å². The lowest BCUT2D eigenvalue weighted by atomic mass is 9.78. The number of ketones is 3. The van der Waals surface area contributed by atoms with E-state index in [1.807, 2.05) is 55.5 Å². The molecule has 1 aliphatic carbocycles. The second-order valence-electron chi connectivity index (χ2n) is 7.21. The van der Waals surface area contributed by atoms with E-state index >= 15 is 0 Å². The molecule has 138 valence electrons. The van der Waals surface area contributed by atoms with Crippen LogP contribution in [0.15, 0.2) is 78.9 Å². The number of benzene rings is 3. The summed E-state index contributed by atoms with van der Waals surface area (Å²) in [6.45, 7) is 1.90. The zero-order chi connectivity index (χ0) is 19.7. The number of fused-ring (bicyclic) bond motifs is 1. The number of rotatable bonds is 5. The first-order chi connectivity index (χ1) is 13.6. The monoisotopic (exact) mass is 368 g/mol. The zero-order valence-electron chi connectivity index (χ0n) is 15.6. The molecule has 28 heavy (non-hydrogen) atoms. The normalized spacial score (nSPS) is 14.8. The Kier molecular flexibility index (Phi) is 4.74. The molecule has 0 heterocycles. The maximum atomic E-state index is 13.1. The first-order valence-electron chi connectivity index (χ1n) is 9.39. The van der Waals surface area contributed by atoms with E-state index in [-0.39, 0.29) is 23.8 Å². The van der Waals surface area contributed by atoms with Crippen LogP contribution in [0.4, 0.5) is 0 Å². The molecule has 0 saturated heterocycles. The molecule has 3 heteroatoms. The van der Waals surface area contributed by atoms with Gasteiger partial charge in [0.05, 0.1) is 5.92 Å². The summed E-state index contributed by atoms with van der Waals surface area (Å²) < 4.78 is 0. The number of carbonyl (C=O) groups is 3. The Balaban J connectivity index is 1.74. The van der Waals surface area contributed by atoms with Gasteiger partial charge in [-0.25, -0.2) is 0 Å². The van der Waals surface area contributed by atoms with Crippen LogP contribution in [-0.2, 0) is 0 Å². The van der Waals surface area contributed by atoms with Gasteiger partial charge >= 0.3 is 0 Å². The number of hydrogen-bond donors (Lipinski definition) is 0. The van der Waals surface area contributed by atoms with Crippen molar-refractivity contribution in [3.8, 4) is 0 Å². The number of aryl methyl sites for hydroxylation is 1.